The van der Waals surface area contributed by atoms with E-state index in [9.17, 15) is 9.18 Å². The van der Waals surface area contributed by atoms with Gasteiger partial charge in [0.1, 0.15) is 5.82 Å². The van der Waals surface area contributed by atoms with Crippen molar-refractivity contribution in [2.45, 2.75) is 32.4 Å². The summed E-state index contributed by atoms with van der Waals surface area (Å²) < 4.78 is 14.1. The van der Waals surface area contributed by atoms with E-state index >= 15 is 0 Å². The molecule has 5 heteroatoms. The van der Waals surface area contributed by atoms with Crippen LogP contribution in [0.3, 0.4) is 0 Å². The Morgan fingerprint density at radius 1 is 1.58 bits per heavy atom. The first-order valence-electron chi connectivity index (χ1n) is 6.55. The molecule has 0 aromatic heterocycles. The summed E-state index contributed by atoms with van der Waals surface area (Å²) in [7, 11) is 0. The van der Waals surface area contributed by atoms with Gasteiger partial charge >= 0.3 is 0 Å². The average Bonchev–Trinajstić information content (AvgIpc) is 2.88. The SMILES string of the molecule is CCC(=O)N1CC[C@H](NCc2cc(F)ccc2Br)C1. The number of hydrogen-bond donors (Lipinski definition) is 1. The molecule has 1 amide bonds. The lowest BCUT2D eigenvalue weighted by atomic mass is 10.2. The van der Waals surface area contributed by atoms with Gasteiger partial charge in [-0.3, -0.25) is 4.79 Å². The van der Waals surface area contributed by atoms with Gasteiger partial charge in [-0.25, -0.2) is 4.39 Å². The fourth-order valence-corrected chi connectivity index (χ4v) is 2.70. The quantitative estimate of drug-likeness (QED) is 0.921. The predicted octanol–water partition coefficient (Wildman–Crippen LogP) is 2.69. The van der Waals surface area contributed by atoms with Crippen molar-refractivity contribution in [3.63, 3.8) is 0 Å². The first-order valence-corrected chi connectivity index (χ1v) is 7.34. The van der Waals surface area contributed by atoms with Gasteiger partial charge in [0, 0.05) is 36.6 Å². The van der Waals surface area contributed by atoms with Gasteiger partial charge in [0.15, 0.2) is 0 Å². The molecule has 1 N–H and O–H groups in total. The molecular weight excluding hydrogens is 311 g/mol. The van der Waals surface area contributed by atoms with E-state index in [4.69, 9.17) is 0 Å². The molecule has 2 rings (SSSR count). The highest BCUT2D eigenvalue weighted by Crippen LogP contribution is 2.18. The van der Waals surface area contributed by atoms with Crippen molar-refractivity contribution in [2.24, 2.45) is 0 Å². The minimum absolute atomic E-state index is 0.205. The predicted molar refractivity (Wildman–Crippen MR) is 76.2 cm³/mol. The maximum atomic E-state index is 13.2. The van der Waals surface area contributed by atoms with Crippen LogP contribution in [0.2, 0.25) is 0 Å². The topological polar surface area (TPSA) is 32.3 Å². The van der Waals surface area contributed by atoms with Crippen molar-refractivity contribution >= 4 is 21.8 Å². The van der Waals surface area contributed by atoms with Crippen LogP contribution >= 0.6 is 15.9 Å². The molecule has 0 spiro atoms. The molecule has 3 nitrogen and oxygen atoms in total. The lowest BCUT2D eigenvalue weighted by Crippen LogP contribution is -2.34. The van der Waals surface area contributed by atoms with Crippen LogP contribution in [-0.2, 0) is 11.3 Å². The van der Waals surface area contributed by atoms with Crippen LogP contribution in [0.1, 0.15) is 25.3 Å². The number of rotatable bonds is 4. The minimum Gasteiger partial charge on any atom is -0.341 e. The van der Waals surface area contributed by atoms with Crippen LogP contribution in [0.5, 0.6) is 0 Å². The van der Waals surface area contributed by atoms with Crippen LogP contribution < -0.4 is 5.32 Å². The second-order valence-corrected chi connectivity index (χ2v) is 5.65. The number of likely N-dealkylation sites (tertiary alicyclic amines) is 1. The van der Waals surface area contributed by atoms with E-state index in [2.05, 4.69) is 21.2 Å². The molecule has 1 aliphatic heterocycles. The largest absolute Gasteiger partial charge is 0.341 e. The van der Waals surface area contributed by atoms with E-state index in [0.717, 1.165) is 29.5 Å². The van der Waals surface area contributed by atoms with Crippen molar-refractivity contribution in [3.8, 4) is 0 Å². The van der Waals surface area contributed by atoms with E-state index < -0.39 is 0 Å². The summed E-state index contributed by atoms with van der Waals surface area (Å²) in [6.07, 6.45) is 1.51. The summed E-state index contributed by atoms with van der Waals surface area (Å²) in [5.74, 6) is -0.0227. The second kappa shape index (κ2) is 6.48. The smallest absolute Gasteiger partial charge is 0.222 e. The Labute approximate surface area is 121 Å². The van der Waals surface area contributed by atoms with Gasteiger partial charge in [0.25, 0.3) is 0 Å². The molecular formula is C14H18BrFN2O. The third kappa shape index (κ3) is 3.76. The maximum Gasteiger partial charge on any atom is 0.222 e. The zero-order valence-corrected chi connectivity index (χ0v) is 12.5. The van der Waals surface area contributed by atoms with Gasteiger partial charge in [-0.1, -0.05) is 22.9 Å². The number of nitrogens with one attached hydrogen (secondary N) is 1. The molecule has 0 unspecified atom stereocenters. The number of benzene rings is 1. The van der Waals surface area contributed by atoms with Crippen LogP contribution in [0, 0.1) is 5.82 Å². The molecule has 0 aliphatic carbocycles. The van der Waals surface area contributed by atoms with E-state index in [-0.39, 0.29) is 11.7 Å². The Bertz CT molecular complexity index is 467. The van der Waals surface area contributed by atoms with Gasteiger partial charge in [0.05, 0.1) is 0 Å². The third-order valence-electron chi connectivity index (χ3n) is 3.43. The molecule has 0 saturated carbocycles. The Hall–Kier alpha value is -0.940. The number of halogens is 2. The number of nitrogens with zero attached hydrogens (tertiary/aromatic N) is 1. The van der Waals surface area contributed by atoms with Crippen molar-refractivity contribution < 1.29 is 9.18 Å². The molecule has 1 atom stereocenters. The molecule has 0 bridgehead atoms. The monoisotopic (exact) mass is 328 g/mol. The molecule has 1 saturated heterocycles. The number of carbonyl (C=O) groups is 1. The summed E-state index contributed by atoms with van der Waals surface area (Å²) in [5.41, 5.74) is 0.903. The molecule has 0 radical (unpaired) electrons. The van der Waals surface area contributed by atoms with E-state index in [1.54, 1.807) is 6.07 Å². The van der Waals surface area contributed by atoms with E-state index in [0.29, 0.717) is 19.0 Å². The normalized spacial score (nSPS) is 18.9. The van der Waals surface area contributed by atoms with E-state index in [1.807, 2.05) is 11.8 Å². The van der Waals surface area contributed by atoms with Gasteiger partial charge in [0.2, 0.25) is 5.91 Å². The molecule has 1 aromatic carbocycles. The Morgan fingerprint density at radius 2 is 2.37 bits per heavy atom. The zero-order valence-electron chi connectivity index (χ0n) is 11.0. The highest BCUT2D eigenvalue weighted by atomic mass is 79.9. The maximum absolute atomic E-state index is 13.2. The molecule has 1 heterocycles. The highest BCUT2D eigenvalue weighted by molar-refractivity contribution is 9.10. The van der Waals surface area contributed by atoms with Crippen molar-refractivity contribution in [3.05, 3.63) is 34.1 Å². The lowest BCUT2D eigenvalue weighted by Gasteiger charge is -2.16. The zero-order chi connectivity index (χ0) is 13.8. The van der Waals surface area contributed by atoms with Gasteiger partial charge in [-0.2, -0.15) is 0 Å². The van der Waals surface area contributed by atoms with Crippen molar-refractivity contribution in [1.82, 2.24) is 10.2 Å². The van der Waals surface area contributed by atoms with Crippen LogP contribution in [0.25, 0.3) is 0 Å². The number of carbonyl (C=O) groups excluding carboxylic acids is 1. The number of hydrogen-bond acceptors (Lipinski definition) is 2. The third-order valence-corrected chi connectivity index (χ3v) is 4.21. The highest BCUT2D eigenvalue weighted by Gasteiger charge is 2.24. The number of amides is 1. The summed E-state index contributed by atoms with van der Waals surface area (Å²) in [6.45, 7) is 4.05. The summed E-state index contributed by atoms with van der Waals surface area (Å²) in [5, 5.41) is 3.38. The Balaban J connectivity index is 1.87. The van der Waals surface area contributed by atoms with Crippen molar-refractivity contribution in [2.75, 3.05) is 13.1 Å². The standard InChI is InChI=1S/C14H18BrFN2O/c1-2-14(19)18-6-5-12(9-18)17-8-10-7-11(16)3-4-13(10)15/h3-4,7,12,17H,2,5-6,8-9H2,1H3/t12-/m0/s1. The lowest BCUT2D eigenvalue weighted by molar-refractivity contribution is -0.129. The summed E-state index contributed by atoms with van der Waals surface area (Å²) in [4.78, 5) is 13.5. The molecule has 1 fully saturated rings. The first-order chi connectivity index (χ1) is 9.10. The second-order valence-electron chi connectivity index (χ2n) is 4.80. The molecule has 104 valence electrons. The van der Waals surface area contributed by atoms with Gasteiger partial charge < -0.3 is 10.2 Å². The Kier molecular flexibility index (Phi) is 4.93. The molecule has 1 aromatic rings. The fourth-order valence-electron chi connectivity index (χ4n) is 2.31. The summed E-state index contributed by atoms with van der Waals surface area (Å²) >= 11 is 3.42. The van der Waals surface area contributed by atoms with Gasteiger partial charge in [-0.05, 0) is 30.2 Å². The van der Waals surface area contributed by atoms with E-state index in [1.165, 1.54) is 12.1 Å². The van der Waals surface area contributed by atoms with Crippen LogP contribution in [0.4, 0.5) is 4.39 Å². The molecule has 19 heavy (non-hydrogen) atoms. The van der Waals surface area contributed by atoms with Crippen LogP contribution in [0.15, 0.2) is 22.7 Å². The first kappa shape index (κ1) is 14.5. The average molecular weight is 329 g/mol. The van der Waals surface area contributed by atoms with Crippen LogP contribution in [-0.4, -0.2) is 29.9 Å². The Morgan fingerprint density at radius 3 is 3.11 bits per heavy atom. The fraction of sp³-hybridized carbons (Fsp3) is 0.500. The molecule has 1 aliphatic rings. The summed E-state index contributed by atoms with van der Waals surface area (Å²) in [6, 6.07) is 4.98. The minimum atomic E-state index is -0.228. The van der Waals surface area contributed by atoms with Crippen molar-refractivity contribution in [1.29, 1.82) is 0 Å². The van der Waals surface area contributed by atoms with Gasteiger partial charge in [-0.15, -0.1) is 0 Å².